The van der Waals surface area contributed by atoms with Crippen LogP contribution in [0.4, 0.5) is 0 Å². The summed E-state index contributed by atoms with van der Waals surface area (Å²) in [4.78, 5) is 0. The molecule has 0 amide bonds. The van der Waals surface area contributed by atoms with Gasteiger partial charge in [0.25, 0.3) is 0 Å². The minimum Gasteiger partial charge on any atom is -0.350 e. The van der Waals surface area contributed by atoms with Gasteiger partial charge in [0.1, 0.15) is 0 Å². The SMILES string of the molecule is CCC=CC(CCCCCCCC)C(C)(OCC)OCC. The Kier molecular flexibility index (Phi) is 13.1. The largest absolute Gasteiger partial charge is 0.350 e. The highest BCUT2D eigenvalue weighted by atomic mass is 16.7. The smallest absolute Gasteiger partial charge is 0.171 e. The maximum atomic E-state index is 5.95. The van der Waals surface area contributed by atoms with Crippen molar-refractivity contribution in [1.82, 2.24) is 0 Å². The van der Waals surface area contributed by atoms with Crippen LogP contribution in [0.15, 0.2) is 12.2 Å². The minimum atomic E-state index is -0.474. The van der Waals surface area contributed by atoms with Gasteiger partial charge in [0.2, 0.25) is 0 Å². The maximum Gasteiger partial charge on any atom is 0.171 e. The quantitative estimate of drug-likeness (QED) is 0.219. The van der Waals surface area contributed by atoms with Crippen LogP contribution in [-0.2, 0) is 9.47 Å². The first-order chi connectivity index (χ1) is 10.1. The van der Waals surface area contributed by atoms with E-state index in [0.29, 0.717) is 19.1 Å². The fraction of sp³-hybridized carbons (Fsp3) is 0.895. The number of ether oxygens (including phenoxy) is 2. The molecule has 0 spiro atoms. The molecule has 0 fully saturated rings. The lowest BCUT2D eigenvalue weighted by Gasteiger charge is -2.35. The summed E-state index contributed by atoms with van der Waals surface area (Å²) in [6.45, 7) is 12.0. The van der Waals surface area contributed by atoms with Crippen LogP contribution in [0, 0.1) is 5.92 Å². The van der Waals surface area contributed by atoms with Crippen LogP contribution in [0.5, 0.6) is 0 Å². The van der Waals surface area contributed by atoms with Crippen molar-refractivity contribution in [1.29, 1.82) is 0 Å². The molecule has 0 bridgehead atoms. The Morgan fingerprint density at radius 3 is 1.95 bits per heavy atom. The molecule has 2 nitrogen and oxygen atoms in total. The van der Waals surface area contributed by atoms with Gasteiger partial charge in [-0.3, -0.25) is 0 Å². The van der Waals surface area contributed by atoms with Gasteiger partial charge in [0, 0.05) is 19.1 Å². The van der Waals surface area contributed by atoms with E-state index in [-0.39, 0.29) is 0 Å². The Bertz CT molecular complexity index is 242. The van der Waals surface area contributed by atoms with Crippen molar-refractivity contribution in [2.45, 2.75) is 91.8 Å². The second kappa shape index (κ2) is 13.3. The molecule has 126 valence electrons. The predicted molar refractivity (Wildman–Crippen MR) is 92.6 cm³/mol. The Balaban J connectivity index is 4.43. The average Bonchev–Trinajstić information content (AvgIpc) is 2.46. The van der Waals surface area contributed by atoms with Gasteiger partial charge in [-0.2, -0.15) is 0 Å². The first-order valence-electron chi connectivity index (χ1n) is 9.09. The molecule has 0 saturated carbocycles. The van der Waals surface area contributed by atoms with Gasteiger partial charge in [-0.25, -0.2) is 0 Å². The Morgan fingerprint density at radius 2 is 1.43 bits per heavy atom. The normalized spacial score (nSPS) is 14.0. The molecule has 2 heteroatoms. The Hall–Kier alpha value is -0.340. The van der Waals surface area contributed by atoms with Crippen molar-refractivity contribution >= 4 is 0 Å². The number of unbranched alkanes of at least 4 members (excludes halogenated alkanes) is 5. The van der Waals surface area contributed by atoms with E-state index < -0.39 is 5.79 Å². The van der Waals surface area contributed by atoms with Crippen LogP contribution >= 0.6 is 0 Å². The molecule has 0 aromatic rings. The van der Waals surface area contributed by atoms with Crippen molar-refractivity contribution in [2.75, 3.05) is 13.2 Å². The zero-order valence-electron chi connectivity index (χ0n) is 15.1. The third-order valence-corrected chi connectivity index (χ3v) is 4.01. The molecule has 1 atom stereocenters. The van der Waals surface area contributed by atoms with E-state index in [1.54, 1.807) is 0 Å². The van der Waals surface area contributed by atoms with Crippen molar-refractivity contribution in [3.8, 4) is 0 Å². The van der Waals surface area contributed by atoms with Gasteiger partial charge >= 0.3 is 0 Å². The monoisotopic (exact) mass is 298 g/mol. The fourth-order valence-corrected chi connectivity index (χ4v) is 2.81. The third kappa shape index (κ3) is 9.31. The molecule has 0 N–H and O–H groups in total. The second-order valence-corrected chi connectivity index (χ2v) is 5.88. The zero-order valence-corrected chi connectivity index (χ0v) is 15.1. The summed E-state index contributed by atoms with van der Waals surface area (Å²) in [7, 11) is 0. The molecule has 0 aliphatic rings. The maximum absolute atomic E-state index is 5.95. The van der Waals surface area contributed by atoms with Crippen molar-refractivity contribution in [3.63, 3.8) is 0 Å². The summed E-state index contributed by atoms with van der Waals surface area (Å²) >= 11 is 0. The molecule has 0 radical (unpaired) electrons. The number of rotatable bonds is 14. The Labute approximate surface area is 133 Å². The van der Waals surface area contributed by atoms with Gasteiger partial charge in [0.05, 0.1) is 0 Å². The first-order valence-corrected chi connectivity index (χ1v) is 9.09. The molecular weight excluding hydrogens is 260 g/mol. The third-order valence-electron chi connectivity index (χ3n) is 4.01. The molecule has 21 heavy (non-hydrogen) atoms. The molecule has 0 aliphatic carbocycles. The standard InChI is InChI=1S/C19H38O2/c1-6-10-12-13-14-15-17-18(16-11-7-2)19(5,20-8-3)21-9-4/h11,16,18H,6-10,12-15,17H2,1-5H3. The highest BCUT2D eigenvalue weighted by Gasteiger charge is 2.33. The highest BCUT2D eigenvalue weighted by Crippen LogP contribution is 2.30. The van der Waals surface area contributed by atoms with Crippen LogP contribution in [-0.4, -0.2) is 19.0 Å². The van der Waals surface area contributed by atoms with Crippen molar-refractivity contribution < 1.29 is 9.47 Å². The van der Waals surface area contributed by atoms with Crippen LogP contribution < -0.4 is 0 Å². The van der Waals surface area contributed by atoms with Gasteiger partial charge in [0.15, 0.2) is 5.79 Å². The van der Waals surface area contributed by atoms with Gasteiger partial charge in [-0.05, 0) is 33.6 Å². The van der Waals surface area contributed by atoms with Gasteiger partial charge < -0.3 is 9.47 Å². The number of hydrogen-bond donors (Lipinski definition) is 0. The van der Waals surface area contributed by atoms with E-state index in [2.05, 4.69) is 32.9 Å². The van der Waals surface area contributed by atoms with E-state index in [0.717, 1.165) is 12.8 Å². The zero-order chi connectivity index (χ0) is 16.0. The summed E-state index contributed by atoms with van der Waals surface area (Å²) in [5.41, 5.74) is 0. The van der Waals surface area contributed by atoms with E-state index in [9.17, 15) is 0 Å². The lowest BCUT2D eigenvalue weighted by molar-refractivity contribution is -0.244. The van der Waals surface area contributed by atoms with E-state index in [4.69, 9.17) is 9.47 Å². The van der Waals surface area contributed by atoms with Crippen LogP contribution in [0.25, 0.3) is 0 Å². The van der Waals surface area contributed by atoms with E-state index in [1.807, 2.05) is 13.8 Å². The summed E-state index contributed by atoms with van der Waals surface area (Å²) < 4.78 is 11.9. The highest BCUT2D eigenvalue weighted by molar-refractivity contribution is 4.94. The number of hydrogen-bond acceptors (Lipinski definition) is 2. The lowest BCUT2D eigenvalue weighted by Crippen LogP contribution is -2.40. The van der Waals surface area contributed by atoms with E-state index >= 15 is 0 Å². The molecule has 0 saturated heterocycles. The van der Waals surface area contributed by atoms with Gasteiger partial charge in [-0.1, -0.05) is 64.5 Å². The summed E-state index contributed by atoms with van der Waals surface area (Å²) in [6, 6.07) is 0. The Morgan fingerprint density at radius 1 is 0.857 bits per heavy atom. The van der Waals surface area contributed by atoms with Crippen LogP contribution in [0.2, 0.25) is 0 Å². The van der Waals surface area contributed by atoms with E-state index in [1.165, 1.54) is 38.5 Å². The molecular formula is C19H38O2. The average molecular weight is 299 g/mol. The van der Waals surface area contributed by atoms with Crippen molar-refractivity contribution in [2.24, 2.45) is 5.92 Å². The molecule has 0 aliphatic heterocycles. The molecule has 0 aromatic heterocycles. The minimum absolute atomic E-state index is 0.350. The lowest BCUT2D eigenvalue weighted by atomic mass is 9.92. The molecule has 0 aromatic carbocycles. The summed E-state index contributed by atoms with van der Waals surface area (Å²) in [5.74, 6) is -0.123. The molecule has 1 unspecified atom stereocenters. The first kappa shape index (κ1) is 20.7. The predicted octanol–water partition coefficient (Wildman–Crippen LogP) is 6.11. The van der Waals surface area contributed by atoms with Gasteiger partial charge in [-0.15, -0.1) is 0 Å². The van der Waals surface area contributed by atoms with Crippen LogP contribution in [0.3, 0.4) is 0 Å². The fourth-order valence-electron chi connectivity index (χ4n) is 2.81. The van der Waals surface area contributed by atoms with Crippen LogP contribution in [0.1, 0.15) is 86.0 Å². The topological polar surface area (TPSA) is 18.5 Å². The molecule has 0 rings (SSSR count). The van der Waals surface area contributed by atoms with Crippen molar-refractivity contribution in [3.05, 3.63) is 12.2 Å². The molecule has 0 heterocycles. The number of allylic oxidation sites excluding steroid dienone is 1. The summed E-state index contributed by atoms with van der Waals surface area (Å²) in [5, 5.41) is 0. The second-order valence-electron chi connectivity index (χ2n) is 5.88. The summed E-state index contributed by atoms with van der Waals surface area (Å²) in [6.07, 6.45) is 14.8.